The number of ether oxygens (including phenoxy) is 3. The topological polar surface area (TPSA) is 78.9 Å². The van der Waals surface area contributed by atoms with Crippen molar-refractivity contribution in [1.29, 1.82) is 0 Å². The van der Waals surface area contributed by atoms with E-state index in [1.165, 1.54) is 180 Å². The second-order valence-electron chi connectivity index (χ2n) is 18.8. The second kappa shape index (κ2) is 52.5. The van der Waals surface area contributed by atoms with Crippen LogP contribution >= 0.6 is 0 Å². The van der Waals surface area contributed by atoms with Gasteiger partial charge in [-0.25, -0.2) is 0 Å². The van der Waals surface area contributed by atoms with Gasteiger partial charge in [0.25, 0.3) is 0 Å². The molecule has 6 heteroatoms. The number of carbonyl (C=O) groups is 3. The van der Waals surface area contributed by atoms with Gasteiger partial charge in [0.05, 0.1) is 0 Å². The maximum atomic E-state index is 12.8. The highest BCUT2D eigenvalue weighted by molar-refractivity contribution is 5.71. The molecule has 1 atom stereocenters. The SMILES string of the molecule is CC/C=C\C/C=C\CCCCCCCC(=O)OCC(COC(=O)CCCCCCCCCCCCCCCCCCCC)OC(=O)CCCCCCCCCCCCCCCCC. The highest BCUT2D eigenvalue weighted by Crippen LogP contribution is 2.17. The molecular weight excluding hydrogens is 781 g/mol. The summed E-state index contributed by atoms with van der Waals surface area (Å²) in [6.07, 6.45) is 60.3. The first-order chi connectivity index (χ1) is 31.0. The van der Waals surface area contributed by atoms with Crippen LogP contribution in [0.3, 0.4) is 0 Å². The predicted molar refractivity (Wildman–Crippen MR) is 270 cm³/mol. The fourth-order valence-corrected chi connectivity index (χ4v) is 8.31. The lowest BCUT2D eigenvalue weighted by molar-refractivity contribution is -0.167. The predicted octanol–water partition coefficient (Wildman–Crippen LogP) is 18.3. The van der Waals surface area contributed by atoms with Crippen molar-refractivity contribution in [3.05, 3.63) is 24.3 Å². The van der Waals surface area contributed by atoms with E-state index in [1.54, 1.807) is 0 Å². The van der Waals surface area contributed by atoms with Crippen LogP contribution in [0.4, 0.5) is 0 Å². The first-order valence-electron chi connectivity index (χ1n) is 27.8. The molecule has 0 amide bonds. The highest BCUT2D eigenvalue weighted by Gasteiger charge is 2.19. The summed E-state index contributed by atoms with van der Waals surface area (Å²) in [6, 6.07) is 0. The van der Waals surface area contributed by atoms with Gasteiger partial charge in [-0.3, -0.25) is 14.4 Å². The van der Waals surface area contributed by atoms with Crippen molar-refractivity contribution in [3.63, 3.8) is 0 Å². The molecule has 0 aliphatic heterocycles. The van der Waals surface area contributed by atoms with Crippen molar-refractivity contribution < 1.29 is 28.6 Å². The molecule has 0 aliphatic rings. The summed E-state index contributed by atoms with van der Waals surface area (Å²) in [5, 5.41) is 0. The molecule has 0 aliphatic carbocycles. The van der Waals surface area contributed by atoms with Gasteiger partial charge >= 0.3 is 17.9 Å². The molecule has 0 N–H and O–H groups in total. The molecule has 63 heavy (non-hydrogen) atoms. The molecule has 0 fully saturated rings. The maximum absolute atomic E-state index is 12.8. The van der Waals surface area contributed by atoms with E-state index in [9.17, 15) is 14.4 Å². The summed E-state index contributed by atoms with van der Waals surface area (Å²) < 4.78 is 16.8. The van der Waals surface area contributed by atoms with Gasteiger partial charge in [0.1, 0.15) is 13.2 Å². The Labute approximate surface area is 392 Å². The van der Waals surface area contributed by atoms with E-state index in [1.807, 2.05) is 0 Å². The van der Waals surface area contributed by atoms with E-state index in [4.69, 9.17) is 14.2 Å². The van der Waals surface area contributed by atoms with E-state index in [2.05, 4.69) is 45.1 Å². The average molecular weight is 887 g/mol. The third-order valence-corrected chi connectivity index (χ3v) is 12.5. The minimum Gasteiger partial charge on any atom is -0.462 e. The van der Waals surface area contributed by atoms with Crippen LogP contribution in [0.15, 0.2) is 24.3 Å². The van der Waals surface area contributed by atoms with E-state index in [0.717, 1.165) is 83.5 Å². The van der Waals surface area contributed by atoms with Crippen molar-refractivity contribution in [1.82, 2.24) is 0 Å². The Morgan fingerprint density at radius 3 is 0.952 bits per heavy atom. The Balaban J connectivity index is 4.30. The number of allylic oxidation sites excluding steroid dienone is 4. The third-order valence-electron chi connectivity index (χ3n) is 12.5. The lowest BCUT2D eigenvalue weighted by Gasteiger charge is -2.18. The highest BCUT2D eigenvalue weighted by atomic mass is 16.6. The number of hydrogen-bond acceptors (Lipinski definition) is 6. The standard InChI is InChI=1S/C57H106O6/c1-4-7-10-13-16-19-22-25-27-28-29-31-32-35-38-41-44-47-50-56(59)62-53-54(52-61-55(58)49-46-43-40-37-34-24-21-18-15-12-9-6-3)63-57(60)51-48-45-42-39-36-33-30-26-23-20-17-14-11-8-5-2/h9,12,18,21,54H,4-8,10-11,13-17,19-20,22-53H2,1-3H3/b12-9-,21-18-. The minimum absolute atomic E-state index is 0.0703. The minimum atomic E-state index is -0.771. The summed E-state index contributed by atoms with van der Waals surface area (Å²) >= 11 is 0. The molecule has 0 aromatic heterocycles. The maximum Gasteiger partial charge on any atom is 0.306 e. The zero-order chi connectivity index (χ0) is 45.8. The quantitative estimate of drug-likeness (QED) is 0.0262. The first-order valence-corrected chi connectivity index (χ1v) is 27.8. The van der Waals surface area contributed by atoms with E-state index >= 15 is 0 Å². The molecule has 0 saturated carbocycles. The van der Waals surface area contributed by atoms with Crippen LogP contribution in [0, 0.1) is 0 Å². The van der Waals surface area contributed by atoms with Crippen LogP contribution < -0.4 is 0 Å². The van der Waals surface area contributed by atoms with Crippen molar-refractivity contribution in [2.45, 2.75) is 309 Å². The zero-order valence-corrected chi connectivity index (χ0v) is 42.4. The summed E-state index contributed by atoms with van der Waals surface area (Å²) in [7, 11) is 0. The molecule has 0 saturated heterocycles. The molecule has 0 bridgehead atoms. The molecule has 0 radical (unpaired) electrons. The summed E-state index contributed by atoms with van der Waals surface area (Å²) in [4.78, 5) is 38.0. The van der Waals surface area contributed by atoms with Crippen LogP contribution in [-0.4, -0.2) is 37.2 Å². The molecular formula is C57H106O6. The Hall–Kier alpha value is -2.11. The Morgan fingerprint density at radius 1 is 0.333 bits per heavy atom. The van der Waals surface area contributed by atoms with Crippen LogP contribution in [0.2, 0.25) is 0 Å². The molecule has 0 aromatic rings. The fraction of sp³-hybridized carbons (Fsp3) is 0.877. The fourth-order valence-electron chi connectivity index (χ4n) is 8.31. The van der Waals surface area contributed by atoms with Gasteiger partial charge < -0.3 is 14.2 Å². The third kappa shape index (κ3) is 50.7. The number of esters is 3. The number of rotatable bonds is 51. The molecule has 0 rings (SSSR count). The second-order valence-corrected chi connectivity index (χ2v) is 18.8. The van der Waals surface area contributed by atoms with Gasteiger partial charge in [-0.05, 0) is 44.9 Å². The molecule has 1 unspecified atom stereocenters. The van der Waals surface area contributed by atoms with Crippen molar-refractivity contribution >= 4 is 17.9 Å². The molecule has 0 heterocycles. The van der Waals surface area contributed by atoms with Crippen LogP contribution in [-0.2, 0) is 28.6 Å². The van der Waals surface area contributed by atoms with E-state index < -0.39 is 6.10 Å². The Bertz CT molecular complexity index is 1020. The van der Waals surface area contributed by atoms with Crippen LogP contribution in [0.5, 0.6) is 0 Å². The summed E-state index contributed by atoms with van der Waals surface area (Å²) in [6.45, 7) is 6.56. The van der Waals surface area contributed by atoms with E-state index in [-0.39, 0.29) is 31.1 Å². The first kappa shape index (κ1) is 60.9. The molecule has 0 aromatic carbocycles. The van der Waals surface area contributed by atoms with Gasteiger partial charge in [0, 0.05) is 19.3 Å². The number of carbonyl (C=O) groups excluding carboxylic acids is 3. The number of unbranched alkanes of at least 4 members (excludes halogenated alkanes) is 36. The lowest BCUT2D eigenvalue weighted by atomic mass is 10.0. The van der Waals surface area contributed by atoms with Gasteiger partial charge in [-0.15, -0.1) is 0 Å². The smallest absolute Gasteiger partial charge is 0.306 e. The average Bonchev–Trinajstić information content (AvgIpc) is 3.28. The lowest BCUT2D eigenvalue weighted by Crippen LogP contribution is -2.30. The normalized spacial score (nSPS) is 12.1. The largest absolute Gasteiger partial charge is 0.462 e. The Kier molecular flexibility index (Phi) is 50.8. The van der Waals surface area contributed by atoms with Gasteiger partial charge in [-0.1, -0.05) is 263 Å². The van der Waals surface area contributed by atoms with E-state index in [0.29, 0.717) is 19.3 Å². The van der Waals surface area contributed by atoms with Crippen molar-refractivity contribution in [3.8, 4) is 0 Å². The van der Waals surface area contributed by atoms with Crippen molar-refractivity contribution in [2.24, 2.45) is 0 Å². The van der Waals surface area contributed by atoms with Crippen LogP contribution in [0.1, 0.15) is 303 Å². The Morgan fingerprint density at radius 2 is 0.619 bits per heavy atom. The zero-order valence-electron chi connectivity index (χ0n) is 42.4. The molecule has 370 valence electrons. The number of hydrogen-bond donors (Lipinski definition) is 0. The summed E-state index contributed by atoms with van der Waals surface area (Å²) in [5.41, 5.74) is 0. The van der Waals surface area contributed by atoms with Gasteiger partial charge in [0.2, 0.25) is 0 Å². The molecule has 6 nitrogen and oxygen atoms in total. The monoisotopic (exact) mass is 887 g/mol. The summed E-state index contributed by atoms with van der Waals surface area (Å²) in [5.74, 6) is -0.866. The van der Waals surface area contributed by atoms with Gasteiger partial charge in [0.15, 0.2) is 6.10 Å². The van der Waals surface area contributed by atoms with Crippen molar-refractivity contribution in [2.75, 3.05) is 13.2 Å². The van der Waals surface area contributed by atoms with Crippen LogP contribution in [0.25, 0.3) is 0 Å². The molecule has 0 spiro atoms. The van der Waals surface area contributed by atoms with Gasteiger partial charge in [-0.2, -0.15) is 0 Å².